The Bertz CT molecular complexity index is 699. The van der Waals surface area contributed by atoms with Gasteiger partial charge in [-0.25, -0.2) is 4.98 Å². The predicted octanol–water partition coefficient (Wildman–Crippen LogP) is 4.13. The van der Waals surface area contributed by atoms with Gasteiger partial charge in [0.15, 0.2) is 0 Å². The summed E-state index contributed by atoms with van der Waals surface area (Å²) in [6, 6.07) is 8.55. The molecule has 0 amide bonds. The number of aromatic amines is 1. The van der Waals surface area contributed by atoms with Crippen LogP contribution in [0.3, 0.4) is 0 Å². The standard InChI is InChI=1S/C15H15BrN2OS/c1-19-8-12-13(16)15(20)18-14(17-12)11-7-6-9-4-2-3-5-10(9)11/h2-5,11H,6-8H2,1H3,(H,17,18,20). The van der Waals surface area contributed by atoms with Crippen LogP contribution in [0, 0.1) is 4.64 Å². The minimum Gasteiger partial charge on any atom is -0.378 e. The molecule has 1 aromatic heterocycles. The number of H-pyrrole nitrogens is 1. The van der Waals surface area contributed by atoms with Crippen LogP contribution in [-0.2, 0) is 17.8 Å². The molecule has 104 valence electrons. The van der Waals surface area contributed by atoms with Gasteiger partial charge in [-0.15, -0.1) is 0 Å². The third-order valence-corrected chi connectivity index (χ3v) is 5.12. The molecule has 1 aliphatic carbocycles. The summed E-state index contributed by atoms with van der Waals surface area (Å²) in [5.41, 5.74) is 3.72. The number of hydrogen-bond donors (Lipinski definition) is 1. The molecule has 1 atom stereocenters. The van der Waals surface area contributed by atoms with E-state index in [-0.39, 0.29) is 0 Å². The average Bonchev–Trinajstić information content (AvgIpc) is 2.88. The number of methoxy groups -OCH3 is 1. The predicted molar refractivity (Wildman–Crippen MR) is 84.4 cm³/mol. The van der Waals surface area contributed by atoms with Crippen molar-refractivity contribution in [2.45, 2.75) is 25.4 Å². The highest BCUT2D eigenvalue weighted by Gasteiger charge is 2.25. The molecule has 1 aromatic carbocycles. The monoisotopic (exact) mass is 350 g/mol. The number of aromatic nitrogens is 2. The summed E-state index contributed by atoms with van der Waals surface area (Å²) >= 11 is 8.82. The normalized spacial score (nSPS) is 17.2. The number of rotatable bonds is 3. The summed E-state index contributed by atoms with van der Waals surface area (Å²) < 4.78 is 6.63. The molecule has 5 heteroatoms. The van der Waals surface area contributed by atoms with Gasteiger partial charge in [0.05, 0.1) is 16.8 Å². The molecule has 3 nitrogen and oxygen atoms in total. The van der Waals surface area contributed by atoms with E-state index in [1.54, 1.807) is 7.11 Å². The number of halogens is 1. The Balaban J connectivity index is 2.06. The van der Waals surface area contributed by atoms with E-state index in [0.29, 0.717) is 17.2 Å². The van der Waals surface area contributed by atoms with Crippen molar-refractivity contribution >= 4 is 28.1 Å². The lowest BCUT2D eigenvalue weighted by Gasteiger charge is -2.14. The van der Waals surface area contributed by atoms with Gasteiger partial charge in [-0.1, -0.05) is 36.5 Å². The van der Waals surface area contributed by atoms with E-state index in [1.807, 2.05) is 0 Å². The van der Waals surface area contributed by atoms with Crippen molar-refractivity contribution in [1.82, 2.24) is 9.97 Å². The second-order valence-corrected chi connectivity index (χ2v) is 6.12. The number of nitrogens with one attached hydrogen (secondary N) is 1. The second kappa shape index (κ2) is 5.76. The van der Waals surface area contributed by atoms with Crippen LogP contribution < -0.4 is 0 Å². The number of benzene rings is 1. The van der Waals surface area contributed by atoms with E-state index in [4.69, 9.17) is 17.0 Å². The Morgan fingerprint density at radius 2 is 2.25 bits per heavy atom. The SMILES string of the molecule is COCc1[nH]c(C2CCc3ccccc32)nc(=S)c1Br. The fourth-order valence-electron chi connectivity index (χ4n) is 2.77. The molecular weight excluding hydrogens is 336 g/mol. The van der Waals surface area contributed by atoms with Gasteiger partial charge in [0, 0.05) is 13.0 Å². The van der Waals surface area contributed by atoms with E-state index >= 15 is 0 Å². The van der Waals surface area contributed by atoms with Crippen LogP contribution in [0.2, 0.25) is 0 Å². The van der Waals surface area contributed by atoms with Crippen molar-refractivity contribution < 1.29 is 4.74 Å². The molecule has 1 heterocycles. The second-order valence-electron chi connectivity index (χ2n) is 4.94. The molecule has 2 aromatic rings. The molecule has 3 rings (SSSR count). The molecule has 0 saturated carbocycles. The van der Waals surface area contributed by atoms with E-state index < -0.39 is 0 Å². The maximum atomic E-state index is 5.34. The van der Waals surface area contributed by atoms with E-state index in [9.17, 15) is 0 Å². The first kappa shape index (κ1) is 13.9. The summed E-state index contributed by atoms with van der Waals surface area (Å²) in [5.74, 6) is 1.24. The van der Waals surface area contributed by atoms with E-state index in [0.717, 1.165) is 28.8 Å². The molecule has 0 spiro atoms. The summed E-state index contributed by atoms with van der Waals surface area (Å²) in [7, 11) is 1.67. The number of hydrogen-bond acceptors (Lipinski definition) is 3. The largest absolute Gasteiger partial charge is 0.378 e. The van der Waals surface area contributed by atoms with Gasteiger partial charge >= 0.3 is 0 Å². The van der Waals surface area contributed by atoms with Gasteiger partial charge in [-0.05, 0) is 39.9 Å². The van der Waals surface area contributed by atoms with Crippen LogP contribution in [0.4, 0.5) is 0 Å². The highest BCUT2D eigenvalue weighted by molar-refractivity contribution is 9.10. The number of fused-ring (bicyclic) bond motifs is 1. The summed E-state index contributed by atoms with van der Waals surface area (Å²) in [4.78, 5) is 7.94. The van der Waals surface area contributed by atoms with Crippen LogP contribution in [0.1, 0.15) is 35.0 Å². The lowest BCUT2D eigenvalue weighted by atomic mass is 10.0. The van der Waals surface area contributed by atoms with Crippen LogP contribution in [-0.4, -0.2) is 17.1 Å². The first-order valence-electron chi connectivity index (χ1n) is 6.56. The summed E-state index contributed by atoms with van der Waals surface area (Å²) in [6.45, 7) is 0.494. The van der Waals surface area contributed by atoms with Crippen LogP contribution in [0.5, 0.6) is 0 Å². The van der Waals surface area contributed by atoms with Crippen LogP contribution in [0.25, 0.3) is 0 Å². The fourth-order valence-corrected chi connectivity index (χ4v) is 3.30. The van der Waals surface area contributed by atoms with E-state index in [2.05, 4.69) is 50.2 Å². The van der Waals surface area contributed by atoms with Gasteiger partial charge in [-0.3, -0.25) is 0 Å². The first-order chi connectivity index (χ1) is 9.70. The van der Waals surface area contributed by atoms with Gasteiger partial charge in [0.2, 0.25) is 0 Å². The smallest absolute Gasteiger partial charge is 0.144 e. The average molecular weight is 351 g/mol. The highest BCUT2D eigenvalue weighted by Crippen LogP contribution is 2.36. The summed E-state index contributed by atoms with van der Waals surface area (Å²) in [5, 5.41) is 0. The quantitative estimate of drug-likeness (QED) is 0.845. The Hall–Kier alpha value is -1.04. The molecule has 0 radical (unpaired) electrons. The van der Waals surface area contributed by atoms with Gasteiger partial charge in [-0.2, -0.15) is 0 Å². The lowest BCUT2D eigenvalue weighted by Crippen LogP contribution is -2.07. The maximum Gasteiger partial charge on any atom is 0.144 e. The van der Waals surface area contributed by atoms with Crippen molar-refractivity contribution in [3.8, 4) is 0 Å². The zero-order valence-electron chi connectivity index (χ0n) is 11.1. The topological polar surface area (TPSA) is 37.9 Å². The van der Waals surface area contributed by atoms with Gasteiger partial charge in [0.25, 0.3) is 0 Å². The Labute approximate surface area is 131 Å². The van der Waals surface area contributed by atoms with E-state index in [1.165, 1.54) is 11.1 Å². The minimum atomic E-state index is 0.302. The van der Waals surface area contributed by atoms with Crippen LogP contribution >= 0.6 is 28.1 Å². The third-order valence-electron chi connectivity index (χ3n) is 3.71. The molecule has 0 bridgehead atoms. The number of ether oxygens (including phenoxy) is 1. The molecule has 20 heavy (non-hydrogen) atoms. The van der Waals surface area contributed by atoms with Gasteiger partial charge < -0.3 is 9.72 Å². The lowest BCUT2D eigenvalue weighted by molar-refractivity contribution is 0.180. The van der Waals surface area contributed by atoms with Crippen molar-refractivity contribution in [2.24, 2.45) is 0 Å². The first-order valence-corrected chi connectivity index (χ1v) is 7.76. The fraction of sp³-hybridized carbons (Fsp3) is 0.333. The molecule has 1 unspecified atom stereocenters. The minimum absolute atomic E-state index is 0.302. The molecule has 0 saturated heterocycles. The van der Waals surface area contributed by atoms with Crippen molar-refractivity contribution in [3.05, 3.63) is 56.0 Å². The van der Waals surface area contributed by atoms with Crippen LogP contribution in [0.15, 0.2) is 28.7 Å². The third kappa shape index (κ3) is 2.45. The molecule has 0 fully saturated rings. The number of aryl methyl sites for hydroxylation is 1. The highest BCUT2D eigenvalue weighted by atomic mass is 79.9. The zero-order valence-corrected chi connectivity index (χ0v) is 13.6. The number of nitrogens with zero attached hydrogens (tertiary/aromatic N) is 1. The molecular formula is C15H15BrN2OS. The zero-order chi connectivity index (χ0) is 14.1. The molecule has 0 aliphatic heterocycles. The van der Waals surface area contributed by atoms with Crippen molar-refractivity contribution in [2.75, 3.05) is 7.11 Å². The molecule has 1 N–H and O–H groups in total. The van der Waals surface area contributed by atoms with Crippen molar-refractivity contribution in [1.29, 1.82) is 0 Å². The Morgan fingerprint density at radius 3 is 3.05 bits per heavy atom. The maximum absolute atomic E-state index is 5.34. The molecule has 1 aliphatic rings. The Morgan fingerprint density at radius 1 is 1.45 bits per heavy atom. The summed E-state index contributed by atoms with van der Waals surface area (Å²) in [6.07, 6.45) is 2.17. The van der Waals surface area contributed by atoms with Gasteiger partial charge in [0.1, 0.15) is 10.5 Å². The van der Waals surface area contributed by atoms with Crippen molar-refractivity contribution in [3.63, 3.8) is 0 Å². The Kier molecular flexibility index (Phi) is 4.01.